The number of rotatable bonds is 7. The Balaban J connectivity index is 1.92. The number of methoxy groups -OCH3 is 1. The Morgan fingerprint density at radius 2 is 1.77 bits per heavy atom. The normalized spacial score (nSPS) is 14.9. The molecule has 0 radical (unpaired) electrons. The summed E-state index contributed by atoms with van der Waals surface area (Å²) in [7, 11) is -0.710. The number of carbonyl (C=O) groups excluding carboxylic acids is 1. The number of nitrogens with zero attached hydrogens (tertiary/aromatic N) is 2. The second-order valence-electron chi connectivity index (χ2n) is 7.46. The van der Waals surface area contributed by atoms with Gasteiger partial charge in [-0.25, -0.2) is 8.42 Å². The van der Waals surface area contributed by atoms with Crippen molar-refractivity contribution in [1.82, 2.24) is 4.90 Å². The van der Waals surface area contributed by atoms with E-state index in [2.05, 4.69) is 0 Å². The highest BCUT2D eigenvalue weighted by Gasteiger charge is 2.30. The van der Waals surface area contributed by atoms with Crippen molar-refractivity contribution >= 4 is 33.2 Å². The number of hydrogen-bond donors (Lipinski definition) is 0. The molecular formula is C22H27ClN2O4S. The number of sulfonamides is 1. The van der Waals surface area contributed by atoms with Crippen molar-refractivity contribution in [2.75, 3.05) is 25.0 Å². The summed E-state index contributed by atoms with van der Waals surface area (Å²) >= 11 is 6.11. The highest BCUT2D eigenvalue weighted by molar-refractivity contribution is 7.92. The van der Waals surface area contributed by atoms with E-state index in [0.29, 0.717) is 16.5 Å². The van der Waals surface area contributed by atoms with E-state index in [0.717, 1.165) is 30.0 Å². The Bertz CT molecular complexity index is 973. The molecule has 0 aromatic heterocycles. The van der Waals surface area contributed by atoms with Crippen LogP contribution in [0, 0.1) is 0 Å². The van der Waals surface area contributed by atoms with E-state index in [1.54, 1.807) is 48.3 Å². The summed E-state index contributed by atoms with van der Waals surface area (Å²) in [4.78, 5) is 14.8. The lowest BCUT2D eigenvalue weighted by Crippen LogP contribution is -2.45. The fourth-order valence-electron chi connectivity index (χ4n) is 3.73. The molecule has 1 aliphatic rings. The van der Waals surface area contributed by atoms with Crippen LogP contribution >= 0.6 is 11.6 Å². The van der Waals surface area contributed by atoms with Gasteiger partial charge in [-0.3, -0.25) is 9.10 Å². The van der Waals surface area contributed by atoms with Crippen molar-refractivity contribution < 1.29 is 17.9 Å². The summed E-state index contributed by atoms with van der Waals surface area (Å²) in [5, 5.41) is 0.399. The first kappa shape index (κ1) is 22.4. The van der Waals surface area contributed by atoms with E-state index in [9.17, 15) is 13.2 Å². The number of hydrogen-bond acceptors (Lipinski definition) is 4. The first-order valence-corrected chi connectivity index (χ1v) is 11.8. The average Bonchev–Trinajstić information content (AvgIpc) is 2.77. The molecule has 3 rings (SSSR count). The van der Waals surface area contributed by atoms with Crippen LogP contribution in [0.4, 0.5) is 5.69 Å². The quantitative estimate of drug-likeness (QED) is 0.629. The summed E-state index contributed by atoms with van der Waals surface area (Å²) in [6.07, 6.45) is 5.25. The van der Waals surface area contributed by atoms with E-state index >= 15 is 0 Å². The lowest BCUT2D eigenvalue weighted by molar-refractivity contribution is -0.130. The van der Waals surface area contributed by atoms with Crippen molar-refractivity contribution in [2.45, 2.75) is 43.0 Å². The van der Waals surface area contributed by atoms with Crippen LogP contribution in [0.2, 0.25) is 5.02 Å². The van der Waals surface area contributed by atoms with Crippen LogP contribution in [0.3, 0.4) is 0 Å². The van der Waals surface area contributed by atoms with Crippen LogP contribution in [0.1, 0.15) is 32.1 Å². The summed E-state index contributed by atoms with van der Waals surface area (Å²) in [5.41, 5.74) is 0.351. The van der Waals surface area contributed by atoms with Gasteiger partial charge < -0.3 is 9.64 Å². The number of amides is 1. The Morgan fingerprint density at radius 1 is 1.10 bits per heavy atom. The van der Waals surface area contributed by atoms with E-state index < -0.39 is 10.0 Å². The summed E-state index contributed by atoms with van der Waals surface area (Å²) in [5.74, 6) is 0.315. The van der Waals surface area contributed by atoms with Gasteiger partial charge in [0.15, 0.2) is 0 Å². The minimum atomic E-state index is -3.98. The van der Waals surface area contributed by atoms with Gasteiger partial charge in [-0.2, -0.15) is 0 Å². The van der Waals surface area contributed by atoms with Gasteiger partial charge in [-0.15, -0.1) is 0 Å². The van der Waals surface area contributed by atoms with Gasteiger partial charge >= 0.3 is 0 Å². The van der Waals surface area contributed by atoms with Crippen LogP contribution in [0.25, 0.3) is 0 Å². The number of anilines is 1. The molecule has 0 atom stereocenters. The maximum atomic E-state index is 13.4. The second kappa shape index (κ2) is 9.71. The van der Waals surface area contributed by atoms with E-state index in [-0.39, 0.29) is 23.4 Å². The van der Waals surface area contributed by atoms with Gasteiger partial charge in [0.25, 0.3) is 10.0 Å². The molecule has 1 amide bonds. The molecule has 1 saturated carbocycles. The third-order valence-electron chi connectivity index (χ3n) is 5.54. The minimum Gasteiger partial charge on any atom is -0.497 e. The topological polar surface area (TPSA) is 66.9 Å². The van der Waals surface area contributed by atoms with Crippen molar-refractivity contribution in [1.29, 1.82) is 0 Å². The molecule has 8 heteroatoms. The molecule has 1 fully saturated rings. The summed E-state index contributed by atoms with van der Waals surface area (Å²) < 4.78 is 33.1. The molecule has 0 aliphatic heterocycles. The molecule has 6 nitrogen and oxygen atoms in total. The number of halogens is 1. The van der Waals surface area contributed by atoms with E-state index in [1.807, 2.05) is 0 Å². The molecule has 0 bridgehead atoms. The van der Waals surface area contributed by atoms with Gasteiger partial charge in [0.2, 0.25) is 5.91 Å². The first-order valence-electron chi connectivity index (χ1n) is 10.0. The number of benzene rings is 2. The van der Waals surface area contributed by atoms with Crippen molar-refractivity contribution in [3.05, 3.63) is 53.6 Å². The van der Waals surface area contributed by atoms with Gasteiger partial charge in [0, 0.05) is 18.1 Å². The fourth-order valence-corrected chi connectivity index (χ4v) is 5.32. The summed E-state index contributed by atoms with van der Waals surface area (Å²) in [6, 6.07) is 12.8. The minimum absolute atomic E-state index is 0.0800. The molecule has 1 aliphatic carbocycles. The second-order valence-corrected chi connectivity index (χ2v) is 9.76. The van der Waals surface area contributed by atoms with Crippen molar-refractivity contribution in [3.63, 3.8) is 0 Å². The zero-order valence-electron chi connectivity index (χ0n) is 17.3. The summed E-state index contributed by atoms with van der Waals surface area (Å²) in [6.45, 7) is -0.290. The van der Waals surface area contributed by atoms with Gasteiger partial charge in [0.05, 0.1) is 17.7 Å². The molecule has 30 heavy (non-hydrogen) atoms. The van der Waals surface area contributed by atoms with Crippen molar-refractivity contribution in [2.24, 2.45) is 0 Å². The third kappa shape index (κ3) is 5.08. The Morgan fingerprint density at radius 3 is 2.37 bits per heavy atom. The number of carbonyl (C=O) groups is 1. The Hall–Kier alpha value is -2.25. The largest absolute Gasteiger partial charge is 0.497 e. The standard InChI is InChI=1S/C22H27ClN2O4S/c1-24(18-8-4-3-5-9-18)22(26)16-25(19-10-6-7-17(23)15-19)30(27,28)21-13-11-20(29-2)12-14-21/h6-7,10-15,18H,3-5,8-9,16H2,1-2H3. The van der Waals surface area contributed by atoms with Crippen LogP contribution in [-0.2, 0) is 14.8 Å². The van der Waals surface area contributed by atoms with Gasteiger partial charge in [0.1, 0.15) is 12.3 Å². The third-order valence-corrected chi connectivity index (χ3v) is 7.56. The van der Waals surface area contributed by atoms with Gasteiger partial charge in [-0.1, -0.05) is 36.9 Å². The van der Waals surface area contributed by atoms with Crippen molar-refractivity contribution in [3.8, 4) is 5.75 Å². The highest BCUT2D eigenvalue weighted by Crippen LogP contribution is 2.28. The Kier molecular flexibility index (Phi) is 7.26. The lowest BCUT2D eigenvalue weighted by Gasteiger charge is -2.33. The molecule has 0 spiro atoms. The van der Waals surface area contributed by atoms with Crippen LogP contribution in [0.5, 0.6) is 5.75 Å². The van der Waals surface area contributed by atoms with E-state index in [4.69, 9.17) is 16.3 Å². The molecular weight excluding hydrogens is 424 g/mol. The highest BCUT2D eigenvalue weighted by atomic mass is 35.5. The zero-order chi connectivity index (χ0) is 21.7. The van der Waals surface area contributed by atoms with Crippen LogP contribution < -0.4 is 9.04 Å². The average molecular weight is 451 g/mol. The lowest BCUT2D eigenvalue weighted by atomic mass is 9.94. The maximum Gasteiger partial charge on any atom is 0.264 e. The molecule has 0 N–H and O–H groups in total. The number of likely N-dealkylation sites (N-methyl/N-ethyl adjacent to an activating group) is 1. The fraction of sp³-hybridized carbons (Fsp3) is 0.409. The Labute approximate surface area is 183 Å². The SMILES string of the molecule is COc1ccc(S(=O)(=O)N(CC(=O)N(C)C2CCCCC2)c2cccc(Cl)c2)cc1. The first-order chi connectivity index (χ1) is 14.3. The predicted octanol–water partition coefficient (Wildman–Crippen LogP) is 4.34. The molecule has 0 heterocycles. The van der Waals surface area contributed by atoms with Gasteiger partial charge in [-0.05, 0) is 55.3 Å². The molecule has 2 aromatic rings. The number of ether oxygens (including phenoxy) is 1. The van der Waals surface area contributed by atoms with E-state index in [1.165, 1.54) is 25.7 Å². The molecule has 0 saturated heterocycles. The predicted molar refractivity (Wildman–Crippen MR) is 119 cm³/mol. The van der Waals surface area contributed by atoms with Crippen LogP contribution in [0.15, 0.2) is 53.4 Å². The zero-order valence-corrected chi connectivity index (χ0v) is 18.8. The molecule has 0 unspecified atom stereocenters. The molecule has 2 aromatic carbocycles. The van der Waals surface area contributed by atoms with Crippen LogP contribution in [-0.4, -0.2) is 46.0 Å². The smallest absolute Gasteiger partial charge is 0.264 e. The monoisotopic (exact) mass is 450 g/mol. The molecule has 162 valence electrons. The maximum absolute atomic E-state index is 13.4.